The molecule has 2 aromatic rings. The average molecular weight is 607 g/mol. The summed E-state index contributed by atoms with van der Waals surface area (Å²) in [6.45, 7) is 0. The lowest BCUT2D eigenvalue weighted by Crippen LogP contribution is -2.42. The molecule has 2 rings (SSSR count). The second-order valence-electron chi connectivity index (χ2n) is 7.80. The first kappa shape index (κ1) is 32.2. The largest absolute Gasteiger partial charge is 0.500 e. The first-order valence-electron chi connectivity index (χ1n) is 11.6. The number of benzene rings is 2. The highest BCUT2D eigenvalue weighted by Gasteiger charge is 2.39. The van der Waals surface area contributed by atoms with Crippen LogP contribution in [0, 0.1) is 0 Å². The van der Waals surface area contributed by atoms with Gasteiger partial charge >= 0.3 is 17.6 Å². The molecule has 0 aliphatic carbocycles. The van der Waals surface area contributed by atoms with E-state index in [4.69, 9.17) is 26.6 Å². The van der Waals surface area contributed by atoms with Gasteiger partial charge in [-0.3, -0.25) is 0 Å². The topological polar surface area (TPSA) is 55.4 Å². The van der Waals surface area contributed by atoms with Crippen molar-refractivity contribution in [2.24, 2.45) is 0 Å². The Bertz CT molecular complexity index is 746. The third kappa shape index (κ3) is 9.97. The molecule has 36 heavy (non-hydrogen) atoms. The van der Waals surface area contributed by atoms with Crippen LogP contribution >= 0.6 is 41.2 Å². The maximum absolute atomic E-state index is 5.65. The number of hydrogen-bond donors (Lipinski definition) is 0. The van der Waals surface area contributed by atoms with Crippen molar-refractivity contribution in [1.29, 1.82) is 0 Å². The summed E-state index contributed by atoms with van der Waals surface area (Å²) < 4.78 is 33.9. The zero-order chi connectivity index (χ0) is 26.3. The Morgan fingerprint density at radius 3 is 1.11 bits per heavy atom. The first-order valence-corrected chi connectivity index (χ1v) is 20.4. The van der Waals surface area contributed by atoms with Crippen LogP contribution in [0.15, 0.2) is 60.7 Å². The quantitative estimate of drug-likeness (QED) is 0.0904. The van der Waals surface area contributed by atoms with Crippen LogP contribution in [0.4, 0.5) is 0 Å². The fraction of sp³-hybridized carbons (Fsp3) is 0.500. The zero-order valence-electron chi connectivity index (χ0n) is 21.8. The highest BCUT2D eigenvalue weighted by Crippen LogP contribution is 2.55. The standard InChI is InChI=1S/C24H38O6S4Si2/c1-25-35(26-2,27-3)19-17-23(21-13-9-7-10-14-21)31-33-34-32-24(22-15-11-8-12-16-22)18-20-36(28-4,29-5)30-6/h7-16,23-24H,17-20H2,1-6H3. The fourth-order valence-corrected chi connectivity index (χ4v) is 14.9. The smallest absolute Gasteiger partial charge is 0.377 e. The molecule has 0 N–H and O–H groups in total. The molecule has 2 atom stereocenters. The van der Waals surface area contributed by atoms with Crippen LogP contribution in [0.1, 0.15) is 34.5 Å². The van der Waals surface area contributed by atoms with Crippen molar-refractivity contribution >= 4 is 58.8 Å². The second kappa shape index (κ2) is 17.6. The molecule has 0 radical (unpaired) electrons. The molecule has 0 aliphatic heterocycles. The van der Waals surface area contributed by atoms with Gasteiger partial charge in [0.05, 0.1) is 0 Å². The van der Waals surface area contributed by atoms with E-state index in [0.717, 1.165) is 24.9 Å². The Kier molecular flexibility index (Phi) is 15.8. The Morgan fingerprint density at radius 2 is 0.833 bits per heavy atom. The van der Waals surface area contributed by atoms with Crippen LogP contribution in [-0.4, -0.2) is 60.3 Å². The average Bonchev–Trinajstić information content (AvgIpc) is 2.95. The van der Waals surface area contributed by atoms with Gasteiger partial charge in [0.25, 0.3) is 0 Å². The summed E-state index contributed by atoms with van der Waals surface area (Å²) in [7, 11) is 12.1. The molecule has 2 aromatic carbocycles. The maximum atomic E-state index is 5.65. The van der Waals surface area contributed by atoms with Gasteiger partial charge in [0, 0.05) is 65.2 Å². The Hall–Kier alpha value is 0.0338. The van der Waals surface area contributed by atoms with Crippen LogP contribution in [0.2, 0.25) is 12.1 Å². The van der Waals surface area contributed by atoms with Crippen molar-refractivity contribution in [2.75, 3.05) is 42.7 Å². The molecule has 0 heterocycles. The predicted molar refractivity (Wildman–Crippen MR) is 161 cm³/mol. The predicted octanol–water partition coefficient (Wildman–Crippen LogP) is 7.68. The van der Waals surface area contributed by atoms with Gasteiger partial charge < -0.3 is 26.6 Å². The van der Waals surface area contributed by atoms with Crippen molar-refractivity contribution in [3.63, 3.8) is 0 Å². The molecule has 2 unspecified atom stereocenters. The molecule has 12 heteroatoms. The van der Waals surface area contributed by atoms with Gasteiger partial charge in [-0.25, -0.2) is 0 Å². The van der Waals surface area contributed by atoms with Crippen LogP contribution in [0.3, 0.4) is 0 Å². The molecule has 202 valence electrons. The summed E-state index contributed by atoms with van der Waals surface area (Å²) in [5.41, 5.74) is 2.59. The first-order chi connectivity index (χ1) is 17.5. The maximum Gasteiger partial charge on any atom is 0.500 e. The number of rotatable bonds is 19. The van der Waals surface area contributed by atoms with Crippen LogP contribution < -0.4 is 0 Å². The summed E-state index contributed by atoms with van der Waals surface area (Å²) in [4.78, 5) is 0. The third-order valence-corrected chi connectivity index (χ3v) is 18.6. The van der Waals surface area contributed by atoms with Gasteiger partial charge in [-0.1, -0.05) is 82.3 Å². The van der Waals surface area contributed by atoms with E-state index < -0.39 is 17.6 Å². The molecule has 0 saturated heterocycles. The van der Waals surface area contributed by atoms with E-state index in [2.05, 4.69) is 60.7 Å². The minimum atomic E-state index is -2.63. The Labute approximate surface area is 234 Å². The van der Waals surface area contributed by atoms with Gasteiger partial charge in [0.15, 0.2) is 0 Å². The van der Waals surface area contributed by atoms with E-state index in [1.165, 1.54) is 11.1 Å². The summed E-state index contributed by atoms with van der Waals surface area (Å²) in [5.74, 6) is 0. The molecule has 0 aromatic heterocycles. The highest BCUT2D eigenvalue weighted by atomic mass is 33.7. The SMILES string of the molecule is CO[Si](CCC(SSSSC(CC[Si](OC)(OC)OC)c1ccccc1)c1ccccc1)(OC)OC. The van der Waals surface area contributed by atoms with Gasteiger partial charge in [-0.15, -0.1) is 0 Å². The second-order valence-corrected chi connectivity index (χ2v) is 20.2. The van der Waals surface area contributed by atoms with Crippen molar-refractivity contribution < 1.29 is 26.6 Å². The van der Waals surface area contributed by atoms with Crippen molar-refractivity contribution in [3.05, 3.63) is 71.8 Å². The van der Waals surface area contributed by atoms with Crippen molar-refractivity contribution in [2.45, 2.75) is 35.4 Å². The highest BCUT2D eigenvalue weighted by molar-refractivity contribution is 9.26. The van der Waals surface area contributed by atoms with E-state index in [9.17, 15) is 0 Å². The molecule has 0 saturated carbocycles. The summed E-state index contributed by atoms with van der Waals surface area (Å²) in [6, 6.07) is 22.7. The Balaban J connectivity index is 2.02. The van der Waals surface area contributed by atoms with Gasteiger partial charge in [-0.05, 0) is 43.6 Å². The minimum absolute atomic E-state index is 0.294. The van der Waals surface area contributed by atoms with E-state index >= 15 is 0 Å². The normalized spacial score (nSPS) is 14.1. The van der Waals surface area contributed by atoms with Gasteiger partial charge in [0.2, 0.25) is 0 Å². The summed E-state index contributed by atoms with van der Waals surface area (Å²) in [6.07, 6.45) is 1.81. The third-order valence-electron chi connectivity index (χ3n) is 5.97. The molecule has 0 fully saturated rings. The van der Waals surface area contributed by atoms with E-state index in [0.29, 0.717) is 10.5 Å². The molecule has 0 spiro atoms. The number of hydrogen-bond acceptors (Lipinski definition) is 10. The fourth-order valence-electron chi connectivity index (χ4n) is 3.73. The lowest BCUT2D eigenvalue weighted by Gasteiger charge is -2.27. The van der Waals surface area contributed by atoms with Crippen molar-refractivity contribution in [1.82, 2.24) is 0 Å². The monoisotopic (exact) mass is 606 g/mol. The molecule has 0 aliphatic rings. The Morgan fingerprint density at radius 1 is 0.528 bits per heavy atom. The van der Waals surface area contributed by atoms with Crippen LogP contribution in [0.25, 0.3) is 0 Å². The lowest BCUT2D eigenvalue weighted by molar-refractivity contribution is 0.122. The van der Waals surface area contributed by atoms with E-state index in [1.54, 1.807) is 42.7 Å². The molecule has 6 nitrogen and oxygen atoms in total. The van der Waals surface area contributed by atoms with Gasteiger partial charge in [0.1, 0.15) is 0 Å². The molecular formula is C24H38O6S4Si2. The molecular weight excluding hydrogens is 569 g/mol. The lowest BCUT2D eigenvalue weighted by atomic mass is 10.1. The van der Waals surface area contributed by atoms with E-state index in [1.807, 2.05) is 41.2 Å². The van der Waals surface area contributed by atoms with E-state index in [-0.39, 0.29) is 0 Å². The molecule has 0 bridgehead atoms. The molecule has 0 amide bonds. The van der Waals surface area contributed by atoms with Crippen LogP contribution in [0.5, 0.6) is 0 Å². The van der Waals surface area contributed by atoms with Crippen molar-refractivity contribution in [3.8, 4) is 0 Å². The zero-order valence-corrected chi connectivity index (χ0v) is 27.1. The van der Waals surface area contributed by atoms with Crippen LogP contribution in [-0.2, 0) is 26.6 Å². The summed E-state index contributed by atoms with van der Waals surface area (Å²) >= 11 is 0. The summed E-state index contributed by atoms with van der Waals surface area (Å²) in [5, 5.41) is 0.588. The minimum Gasteiger partial charge on any atom is -0.377 e. The van der Waals surface area contributed by atoms with Gasteiger partial charge in [-0.2, -0.15) is 0 Å².